The predicted octanol–water partition coefficient (Wildman–Crippen LogP) is 4.10. The van der Waals surface area contributed by atoms with E-state index in [1.807, 2.05) is 0 Å². The van der Waals surface area contributed by atoms with Gasteiger partial charge in [0, 0.05) is 13.2 Å². The van der Waals surface area contributed by atoms with Crippen LogP contribution in [0.4, 0.5) is 0 Å². The Morgan fingerprint density at radius 3 is 1.82 bits per heavy atom. The van der Waals surface area contributed by atoms with Gasteiger partial charge in [-0.25, -0.2) is 0 Å². The molecule has 0 saturated carbocycles. The minimum atomic E-state index is 0.925. The molecule has 0 aliphatic heterocycles. The first-order chi connectivity index (χ1) is 8.27. The van der Waals surface area contributed by atoms with E-state index in [4.69, 9.17) is 4.74 Å². The number of nitrogens with zero attached hydrogens (tertiary/aromatic N) is 1. The molecular formula is C15H33NO. The quantitative estimate of drug-likeness (QED) is 0.452. The highest BCUT2D eigenvalue weighted by atomic mass is 16.5. The van der Waals surface area contributed by atoms with Crippen molar-refractivity contribution in [3.63, 3.8) is 0 Å². The molecule has 0 heterocycles. The van der Waals surface area contributed by atoms with Crippen LogP contribution in [-0.2, 0) is 4.74 Å². The molecule has 0 bridgehead atoms. The molecule has 104 valence electrons. The molecule has 0 amide bonds. The van der Waals surface area contributed by atoms with Gasteiger partial charge in [-0.1, -0.05) is 51.9 Å². The van der Waals surface area contributed by atoms with Crippen LogP contribution in [-0.4, -0.2) is 38.8 Å². The highest BCUT2D eigenvalue weighted by molar-refractivity contribution is 4.46. The Balaban J connectivity index is 2.89. The first kappa shape index (κ1) is 16.9. The molecule has 0 aromatic carbocycles. The van der Waals surface area contributed by atoms with E-state index in [2.05, 4.69) is 25.9 Å². The Bertz CT molecular complexity index is 137. The van der Waals surface area contributed by atoms with Crippen molar-refractivity contribution in [2.24, 2.45) is 0 Å². The summed E-state index contributed by atoms with van der Waals surface area (Å²) in [5.74, 6) is 0. The Labute approximate surface area is 109 Å². The van der Waals surface area contributed by atoms with Crippen LogP contribution in [0, 0.1) is 0 Å². The Morgan fingerprint density at radius 1 is 0.706 bits per heavy atom. The molecule has 0 aromatic rings. The molecule has 0 unspecified atom stereocenters. The van der Waals surface area contributed by atoms with Crippen LogP contribution in [0.15, 0.2) is 0 Å². The molecular weight excluding hydrogens is 210 g/mol. The van der Waals surface area contributed by atoms with Crippen molar-refractivity contribution in [3.05, 3.63) is 0 Å². The van der Waals surface area contributed by atoms with Crippen LogP contribution in [0.25, 0.3) is 0 Å². The summed E-state index contributed by atoms with van der Waals surface area (Å²) in [4.78, 5) is 2.21. The zero-order chi connectivity index (χ0) is 12.8. The smallest absolute Gasteiger partial charge is 0.0478 e. The van der Waals surface area contributed by atoms with Crippen molar-refractivity contribution >= 4 is 0 Å². The maximum Gasteiger partial charge on any atom is 0.0478 e. The lowest BCUT2D eigenvalue weighted by atomic mass is 10.1. The van der Waals surface area contributed by atoms with Gasteiger partial charge in [-0.2, -0.15) is 0 Å². The lowest BCUT2D eigenvalue weighted by Crippen LogP contribution is -2.14. The summed E-state index contributed by atoms with van der Waals surface area (Å²) in [6, 6.07) is 0. The summed E-state index contributed by atoms with van der Waals surface area (Å²) in [6.45, 7) is 5.29. The van der Waals surface area contributed by atoms with Gasteiger partial charge in [0.15, 0.2) is 0 Å². The van der Waals surface area contributed by atoms with Crippen LogP contribution < -0.4 is 0 Å². The van der Waals surface area contributed by atoms with E-state index < -0.39 is 0 Å². The van der Waals surface area contributed by atoms with E-state index in [9.17, 15) is 0 Å². The van der Waals surface area contributed by atoms with E-state index in [-0.39, 0.29) is 0 Å². The van der Waals surface area contributed by atoms with Crippen LogP contribution in [0.2, 0.25) is 0 Å². The maximum atomic E-state index is 5.60. The average Bonchev–Trinajstić information content (AvgIpc) is 2.30. The van der Waals surface area contributed by atoms with Gasteiger partial charge in [0.25, 0.3) is 0 Å². The lowest BCUT2D eigenvalue weighted by Gasteiger charge is -2.09. The van der Waals surface area contributed by atoms with Gasteiger partial charge in [-0.05, 0) is 33.5 Å². The zero-order valence-corrected chi connectivity index (χ0v) is 12.3. The highest BCUT2D eigenvalue weighted by Gasteiger charge is 1.93. The average molecular weight is 243 g/mol. The largest absolute Gasteiger partial charge is 0.381 e. The predicted molar refractivity (Wildman–Crippen MR) is 76.6 cm³/mol. The summed E-state index contributed by atoms with van der Waals surface area (Å²) in [5, 5.41) is 0. The standard InChI is InChI=1S/C15H33NO/c1-4-5-6-7-8-9-10-11-14-17-15-12-13-16(2)3/h4-15H2,1-3H3. The molecule has 0 radical (unpaired) electrons. The number of rotatable bonds is 13. The molecule has 0 aliphatic rings. The molecule has 0 N–H and O–H groups in total. The second-order valence-corrected chi connectivity index (χ2v) is 5.24. The molecule has 0 atom stereocenters. The van der Waals surface area contributed by atoms with E-state index in [0.29, 0.717) is 0 Å². The molecule has 0 spiro atoms. The van der Waals surface area contributed by atoms with E-state index in [1.165, 1.54) is 51.4 Å². The van der Waals surface area contributed by atoms with Gasteiger partial charge in [0.2, 0.25) is 0 Å². The molecule has 0 fully saturated rings. The first-order valence-electron chi connectivity index (χ1n) is 7.50. The summed E-state index contributed by atoms with van der Waals surface area (Å²) in [5.41, 5.74) is 0. The third-order valence-corrected chi connectivity index (χ3v) is 3.04. The minimum absolute atomic E-state index is 0.925. The molecule has 0 aliphatic carbocycles. The molecule has 17 heavy (non-hydrogen) atoms. The Morgan fingerprint density at radius 2 is 1.24 bits per heavy atom. The van der Waals surface area contributed by atoms with Crippen molar-refractivity contribution in [3.8, 4) is 0 Å². The summed E-state index contributed by atoms with van der Waals surface area (Å²) >= 11 is 0. The Hall–Kier alpha value is -0.0800. The van der Waals surface area contributed by atoms with Crippen LogP contribution in [0.1, 0.15) is 64.7 Å². The maximum absolute atomic E-state index is 5.60. The number of unbranched alkanes of at least 4 members (excludes halogenated alkanes) is 7. The molecule has 0 aromatic heterocycles. The van der Waals surface area contributed by atoms with Crippen molar-refractivity contribution in [2.75, 3.05) is 33.9 Å². The van der Waals surface area contributed by atoms with Gasteiger partial charge in [0.05, 0.1) is 0 Å². The minimum Gasteiger partial charge on any atom is -0.381 e. The van der Waals surface area contributed by atoms with Crippen molar-refractivity contribution < 1.29 is 4.74 Å². The molecule has 2 nitrogen and oxygen atoms in total. The summed E-state index contributed by atoms with van der Waals surface area (Å²) < 4.78 is 5.60. The van der Waals surface area contributed by atoms with Gasteiger partial charge in [0.1, 0.15) is 0 Å². The summed E-state index contributed by atoms with van der Waals surface area (Å²) in [6.07, 6.45) is 12.2. The van der Waals surface area contributed by atoms with Crippen LogP contribution >= 0.6 is 0 Å². The Kier molecular flexibility index (Phi) is 13.9. The van der Waals surface area contributed by atoms with Gasteiger partial charge >= 0.3 is 0 Å². The monoisotopic (exact) mass is 243 g/mol. The molecule has 0 rings (SSSR count). The van der Waals surface area contributed by atoms with Crippen molar-refractivity contribution in [2.45, 2.75) is 64.7 Å². The number of hydrogen-bond donors (Lipinski definition) is 0. The second kappa shape index (κ2) is 14.0. The fourth-order valence-corrected chi connectivity index (χ4v) is 1.92. The third-order valence-electron chi connectivity index (χ3n) is 3.04. The fourth-order valence-electron chi connectivity index (χ4n) is 1.92. The fraction of sp³-hybridized carbons (Fsp3) is 1.00. The SMILES string of the molecule is CCCCCCCCCCOCCCN(C)C. The van der Waals surface area contributed by atoms with Gasteiger partial charge in [-0.15, -0.1) is 0 Å². The summed E-state index contributed by atoms with van der Waals surface area (Å²) in [7, 11) is 4.22. The van der Waals surface area contributed by atoms with E-state index in [1.54, 1.807) is 0 Å². The van der Waals surface area contributed by atoms with Gasteiger partial charge in [-0.3, -0.25) is 0 Å². The van der Waals surface area contributed by atoms with Crippen molar-refractivity contribution in [1.82, 2.24) is 4.90 Å². The van der Waals surface area contributed by atoms with Crippen LogP contribution in [0.5, 0.6) is 0 Å². The third kappa shape index (κ3) is 15.9. The second-order valence-electron chi connectivity index (χ2n) is 5.24. The topological polar surface area (TPSA) is 12.5 Å². The molecule has 2 heteroatoms. The number of ether oxygens (including phenoxy) is 1. The van der Waals surface area contributed by atoms with E-state index >= 15 is 0 Å². The van der Waals surface area contributed by atoms with Crippen LogP contribution in [0.3, 0.4) is 0 Å². The number of hydrogen-bond acceptors (Lipinski definition) is 2. The first-order valence-corrected chi connectivity index (χ1v) is 7.50. The normalized spacial score (nSPS) is 11.3. The van der Waals surface area contributed by atoms with Gasteiger partial charge < -0.3 is 9.64 Å². The molecule has 0 saturated heterocycles. The van der Waals surface area contributed by atoms with E-state index in [0.717, 1.165) is 26.2 Å². The lowest BCUT2D eigenvalue weighted by molar-refractivity contribution is 0.122. The highest BCUT2D eigenvalue weighted by Crippen LogP contribution is 2.08. The zero-order valence-electron chi connectivity index (χ0n) is 12.3. The van der Waals surface area contributed by atoms with Crippen molar-refractivity contribution in [1.29, 1.82) is 0 Å².